The molecule has 2 aromatic carbocycles. The predicted octanol–water partition coefficient (Wildman–Crippen LogP) is 2.68. The van der Waals surface area contributed by atoms with Gasteiger partial charge in [0.1, 0.15) is 16.7 Å². The van der Waals surface area contributed by atoms with Crippen molar-refractivity contribution >= 4 is 58.5 Å². The maximum atomic E-state index is 12.1. The van der Waals surface area contributed by atoms with E-state index in [4.69, 9.17) is 9.66 Å². The zero-order chi connectivity index (χ0) is 28.7. The highest BCUT2D eigenvalue weighted by atomic mass is 32.2. The molecule has 1 heterocycles. The van der Waals surface area contributed by atoms with Crippen LogP contribution in [0.25, 0.3) is 10.8 Å². The van der Waals surface area contributed by atoms with E-state index in [9.17, 15) is 39.2 Å². The molecule has 0 bridgehead atoms. The van der Waals surface area contributed by atoms with E-state index in [2.05, 4.69) is 0 Å². The Morgan fingerprint density at radius 2 is 1.63 bits per heavy atom. The van der Waals surface area contributed by atoms with Gasteiger partial charge in [0.25, 0.3) is 20.2 Å². The Morgan fingerprint density at radius 1 is 0.974 bits per heavy atom. The number of carboxylic acids is 1. The van der Waals surface area contributed by atoms with Gasteiger partial charge >= 0.3 is 5.97 Å². The van der Waals surface area contributed by atoms with Crippen molar-refractivity contribution in [2.24, 2.45) is 0 Å². The zero-order valence-electron chi connectivity index (χ0n) is 20.7. The van der Waals surface area contributed by atoms with Crippen LogP contribution in [0.1, 0.15) is 57.9 Å². The quantitative estimate of drug-likeness (QED) is 0.186. The Balaban J connectivity index is 2.25. The summed E-state index contributed by atoms with van der Waals surface area (Å²) in [6.07, 6.45) is 2.02. The van der Waals surface area contributed by atoms with Crippen LogP contribution >= 0.6 is 0 Å². The Labute approximate surface area is 221 Å². The first-order valence-electron chi connectivity index (χ1n) is 11.7. The number of fused-ring (bicyclic) bond motifs is 3. The molecule has 0 aliphatic carbocycles. The van der Waals surface area contributed by atoms with Crippen LogP contribution in [0.4, 0.5) is 5.69 Å². The third kappa shape index (κ3) is 6.40. The Bertz CT molecular complexity index is 1640. The highest BCUT2D eigenvalue weighted by molar-refractivity contribution is 7.86. The van der Waals surface area contributed by atoms with Gasteiger partial charge < -0.3 is 9.66 Å². The molecule has 1 atom stereocenters. The fraction of sp³-hybridized carbons (Fsp3) is 0.478. The van der Waals surface area contributed by atoms with E-state index in [1.807, 2.05) is 6.92 Å². The molecule has 2 aromatic rings. The molecule has 1 unspecified atom stereocenters. The van der Waals surface area contributed by atoms with Crippen LogP contribution in [0.15, 0.2) is 34.1 Å². The first-order chi connectivity index (χ1) is 17.4. The van der Waals surface area contributed by atoms with Gasteiger partial charge in [-0.1, -0.05) is 12.8 Å². The second kappa shape index (κ2) is 10.6. The van der Waals surface area contributed by atoms with E-state index in [1.54, 1.807) is 17.6 Å². The first kappa shape index (κ1) is 30.1. The van der Waals surface area contributed by atoms with Gasteiger partial charge in [0.05, 0.1) is 21.0 Å². The zero-order valence-corrected chi connectivity index (χ0v) is 23.2. The molecule has 0 amide bonds. The second-order valence-electron chi connectivity index (χ2n) is 9.57. The van der Waals surface area contributed by atoms with E-state index in [0.29, 0.717) is 43.0 Å². The molecular weight excluding hydrogens is 562 g/mol. The van der Waals surface area contributed by atoms with Gasteiger partial charge in [0, 0.05) is 36.8 Å². The summed E-state index contributed by atoms with van der Waals surface area (Å²) in [4.78, 5) is 9.29. The largest absolute Gasteiger partial charge is 0.744 e. The number of hydrogen-bond donors (Lipinski definition) is 3. The SMILES string of the molecule is CC1=[N+](CCCS(=O)(=O)O)c2ccc3c(S(=O)(=O)[O-])cc(S(=O)(=O)O)cc3c2C1(C)CCCCCC(=O)O. The summed E-state index contributed by atoms with van der Waals surface area (Å²) in [5, 5.41) is 9.00. The van der Waals surface area contributed by atoms with Gasteiger partial charge in [0.15, 0.2) is 5.71 Å². The number of carbonyl (C=O) groups is 1. The van der Waals surface area contributed by atoms with Crippen molar-refractivity contribution in [3.8, 4) is 0 Å². The van der Waals surface area contributed by atoms with E-state index < -0.39 is 57.3 Å². The summed E-state index contributed by atoms with van der Waals surface area (Å²) >= 11 is 0. The summed E-state index contributed by atoms with van der Waals surface area (Å²) in [6, 6.07) is 4.64. The average molecular weight is 592 g/mol. The average Bonchev–Trinajstić information content (AvgIpc) is 2.98. The number of unbranched alkanes of at least 4 members (excludes halogenated alkanes) is 2. The van der Waals surface area contributed by atoms with Gasteiger partial charge in [-0.3, -0.25) is 13.9 Å². The standard InChI is InChI=1S/C23H29NO11S3/c1-15-23(2,10-5-3-4-7-21(25)26)22-18-13-16(37(30,31)32)14-20(38(33,34)35)17(18)8-9-19(22)24(15)11-6-12-36(27,28)29/h8-9,13-14H,3-7,10-12H2,1-2H3,(H3-,25,26,27,28,29,30,31,32,33,34,35). The van der Waals surface area contributed by atoms with Gasteiger partial charge in [-0.25, -0.2) is 8.42 Å². The monoisotopic (exact) mass is 591 g/mol. The van der Waals surface area contributed by atoms with Crippen LogP contribution in [0.5, 0.6) is 0 Å². The van der Waals surface area contributed by atoms with Crippen LogP contribution in [-0.4, -0.2) is 72.6 Å². The predicted molar refractivity (Wildman–Crippen MR) is 136 cm³/mol. The van der Waals surface area contributed by atoms with E-state index in [-0.39, 0.29) is 30.2 Å². The number of rotatable bonds is 12. The lowest BCUT2D eigenvalue weighted by molar-refractivity contribution is -0.438. The highest BCUT2D eigenvalue weighted by Crippen LogP contribution is 2.48. The van der Waals surface area contributed by atoms with Crippen molar-refractivity contribution in [2.45, 2.75) is 67.6 Å². The lowest BCUT2D eigenvalue weighted by atomic mass is 9.74. The molecule has 1 aliphatic heterocycles. The number of nitrogens with zero attached hydrogens (tertiary/aromatic N) is 1. The van der Waals surface area contributed by atoms with Crippen LogP contribution in [0.2, 0.25) is 0 Å². The van der Waals surface area contributed by atoms with Crippen LogP contribution in [0.3, 0.4) is 0 Å². The molecule has 12 nitrogen and oxygen atoms in total. The topological polar surface area (TPSA) is 206 Å². The summed E-state index contributed by atoms with van der Waals surface area (Å²) < 4.78 is 103. The first-order valence-corrected chi connectivity index (χ1v) is 16.1. The Kier molecular flexibility index (Phi) is 8.42. The van der Waals surface area contributed by atoms with Crippen molar-refractivity contribution in [3.63, 3.8) is 0 Å². The fourth-order valence-corrected chi connectivity index (χ4v) is 6.94. The van der Waals surface area contributed by atoms with Crippen LogP contribution < -0.4 is 0 Å². The van der Waals surface area contributed by atoms with E-state index in [1.165, 1.54) is 6.07 Å². The lowest BCUT2D eigenvalue weighted by Crippen LogP contribution is -2.31. The number of carboxylic acid groups (broad SMARTS) is 1. The Morgan fingerprint density at radius 3 is 2.18 bits per heavy atom. The van der Waals surface area contributed by atoms with Gasteiger partial charge in [-0.2, -0.15) is 21.4 Å². The summed E-state index contributed by atoms with van der Waals surface area (Å²) in [5.74, 6) is -1.43. The third-order valence-corrected chi connectivity index (χ3v) is 9.53. The van der Waals surface area contributed by atoms with E-state index >= 15 is 0 Å². The van der Waals surface area contributed by atoms with Gasteiger partial charge in [-0.05, 0) is 43.4 Å². The summed E-state index contributed by atoms with van der Waals surface area (Å²) in [7, 11) is -14.3. The molecule has 0 fully saturated rings. The molecule has 15 heteroatoms. The molecule has 3 rings (SSSR count). The molecule has 0 saturated carbocycles. The minimum absolute atomic E-state index is 0.0108. The minimum Gasteiger partial charge on any atom is -0.744 e. The number of aliphatic carboxylic acids is 1. The second-order valence-corrected chi connectivity index (χ2v) is 13.9. The molecule has 3 N–H and O–H groups in total. The van der Waals surface area contributed by atoms with Gasteiger partial charge in [-0.15, -0.1) is 0 Å². The third-order valence-electron chi connectivity index (χ3n) is 7.01. The van der Waals surface area contributed by atoms with Crippen LogP contribution in [0, 0.1) is 0 Å². The molecule has 0 saturated heterocycles. The minimum atomic E-state index is -5.15. The van der Waals surface area contributed by atoms with Crippen molar-refractivity contribution in [1.29, 1.82) is 0 Å². The Hall–Kier alpha value is -2.43. The van der Waals surface area contributed by atoms with Gasteiger partial charge in [0.2, 0.25) is 5.69 Å². The maximum absolute atomic E-state index is 12.1. The number of hydrogen-bond acceptors (Lipinski definition) is 8. The molecule has 1 aliphatic rings. The van der Waals surface area contributed by atoms with Crippen molar-refractivity contribution in [2.75, 3.05) is 12.3 Å². The molecule has 0 radical (unpaired) electrons. The highest BCUT2D eigenvalue weighted by Gasteiger charge is 2.47. The van der Waals surface area contributed by atoms with E-state index in [0.717, 1.165) is 11.8 Å². The van der Waals surface area contributed by atoms with Crippen molar-refractivity contribution in [1.82, 2.24) is 0 Å². The lowest BCUT2D eigenvalue weighted by Gasteiger charge is -2.24. The molecule has 0 aromatic heterocycles. The fourth-order valence-electron chi connectivity index (χ4n) is 5.11. The van der Waals surface area contributed by atoms with Crippen molar-refractivity contribution < 1.29 is 53.4 Å². The van der Waals surface area contributed by atoms with Crippen LogP contribution in [-0.2, 0) is 40.6 Å². The van der Waals surface area contributed by atoms with Crippen molar-refractivity contribution in [3.05, 3.63) is 29.8 Å². The molecule has 38 heavy (non-hydrogen) atoms. The smallest absolute Gasteiger partial charge is 0.303 e. The molecule has 0 spiro atoms. The molecular formula is C23H29NO11S3. The normalized spacial score (nSPS) is 18.2. The molecule has 210 valence electrons. The maximum Gasteiger partial charge on any atom is 0.303 e. The number of benzene rings is 2. The summed E-state index contributed by atoms with van der Waals surface area (Å²) in [5.41, 5.74) is 0.906. The summed E-state index contributed by atoms with van der Waals surface area (Å²) in [6.45, 7) is 3.78.